The quantitative estimate of drug-likeness (QED) is 0.925. The van der Waals surface area contributed by atoms with Crippen LogP contribution in [0, 0.1) is 6.92 Å². The van der Waals surface area contributed by atoms with Gasteiger partial charge in [0.1, 0.15) is 0 Å². The molecule has 1 aliphatic heterocycles. The summed E-state index contributed by atoms with van der Waals surface area (Å²) in [6.07, 6.45) is 2.36. The Kier molecular flexibility index (Phi) is 3.83. The van der Waals surface area contributed by atoms with E-state index in [9.17, 15) is 5.11 Å². The van der Waals surface area contributed by atoms with Gasteiger partial charge in [-0.15, -0.1) is 11.3 Å². The Morgan fingerprint density at radius 3 is 3.07 bits per heavy atom. The van der Waals surface area contributed by atoms with Gasteiger partial charge in [-0.25, -0.2) is 0 Å². The van der Waals surface area contributed by atoms with E-state index in [-0.39, 0.29) is 0 Å². The van der Waals surface area contributed by atoms with E-state index in [1.165, 1.54) is 20.6 Å². The molecule has 1 unspecified atom stereocenters. The first kappa shape index (κ1) is 11.6. The molecule has 4 heteroatoms. The van der Waals surface area contributed by atoms with Crippen molar-refractivity contribution in [3.05, 3.63) is 20.3 Å². The van der Waals surface area contributed by atoms with Crippen LogP contribution in [0.3, 0.4) is 0 Å². The van der Waals surface area contributed by atoms with Crippen LogP contribution in [0.2, 0.25) is 0 Å². The highest BCUT2D eigenvalue weighted by Gasteiger charge is 2.24. The Bertz CT molecular complexity index is 320. The summed E-state index contributed by atoms with van der Waals surface area (Å²) >= 11 is 5.36. The van der Waals surface area contributed by atoms with Crippen LogP contribution < -0.4 is 0 Å². The molecule has 0 aromatic carbocycles. The van der Waals surface area contributed by atoms with Crippen molar-refractivity contribution in [3.8, 4) is 0 Å². The molecule has 1 fully saturated rings. The van der Waals surface area contributed by atoms with Gasteiger partial charge in [-0.3, -0.25) is 4.90 Å². The van der Waals surface area contributed by atoms with Crippen molar-refractivity contribution < 1.29 is 5.11 Å². The number of halogens is 1. The standard InChI is InChI=1S/C11H16BrNOS/c1-8-5-10(15-11(8)12)6-13-4-2-3-9(13)7-14/h5,9,14H,2-4,6-7H2,1H3. The molecule has 15 heavy (non-hydrogen) atoms. The summed E-state index contributed by atoms with van der Waals surface area (Å²) in [6.45, 7) is 4.53. The molecule has 1 N–H and O–H groups in total. The largest absolute Gasteiger partial charge is 0.395 e. The van der Waals surface area contributed by atoms with Gasteiger partial charge in [0.2, 0.25) is 0 Å². The Labute approximate surface area is 103 Å². The lowest BCUT2D eigenvalue weighted by molar-refractivity contribution is 0.154. The average molecular weight is 290 g/mol. The first-order valence-corrected chi connectivity index (χ1v) is 6.91. The van der Waals surface area contributed by atoms with E-state index in [1.807, 2.05) is 11.3 Å². The average Bonchev–Trinajstić information content (AvgIpc) is 2.75. The first-order chi connectivity index (χ1) is 7.20. The van der Waals surface area contributed by atoms with E-state index in [4.69, 9.17) is 0 Å². The van der Waals surface area contributed by atoms with Crippen LogP contribution in [0.4, 0.5) is 0 Å². The van der Waals surface area contributed by atoms with Gasteiger partial charge < -0.3 is 5.11 Å². The summed E-state index contributed by atoms with van der Waals surface area (Å²) in [4.78, 5) is 3.78. The molecule has 2 rings (SSSR count). The van der Waals surface area contributed by atoms with Crippen molar-refractivity contribution in [2.24, 2.45) is 0 Å². The van der Waals surface area contributed by atoms with Crippen LogP contribution in [-0.4, -0.2) is 29.2 Å². The van der Waals surface area contributed by atoms with Crippen LogP contribution in [0.15, 0.2) is 9.85 Å². The maximum atomic E-state index is 9.23. The summed E-state index contributed by atoms with van der Waals surface area (Å²) in [6, 6.07) is 2.62. The fourth-order valence-corrected chi connectivity index (χ4v) is 3.77. The second kappa shape index (κ2) is 4.95. The molecule has 2 nitrogen and oxygen atoms in total. The number of hydrogen-bond acceptors (Lipinski definition) is 3. The van der Waals surface area contributed by atoms with Crippen LogP contribution in [-0.2, 0) is 6.54 Å². The zero-order valence-corrected chi connectivity index (χ0v) is 11.3. The number of thiophene rings is 1. The molecule has 0 bridgehead atoms. The minimum Gasteiger partial charge on any atom is -0.395 e. The third-order valence-corrected chi connectivity index (χ3v) is 5.10. The van der Waals surface area contributed by atoms with Gasteiger partial charge in [0.05, 0.1) is 10.4 Å². The molecule has 0 saturated carbocycles. The smallest absolute Gasteiger partial charge is 0.0730 e. The van der Waals surface area contributed by atoms with Crippen molar-refractivity contribution in [1.29, 1.82) is 0 Å². The highest BCUT2D eigenvalue weighted by molar-refractivity contribution is 9.11. The fourth-order valence-electron chi connectivity index (χ4n) is 2.11. The molecule has 1 aromatic heterocycles. The van der Waals surface area contributed by atoms with Gasteiger partial charge in [-0.1, -0.05) is 0 Å². The van der Waals surface area contributed by atoms with Gasteiger partial charge in [0, 0.05) is 17.5 Å². The van der Waals surface area contributed by atoms with Gasteiger partial charge in [-0.2, -0.15) is 0 Å². The van der Waals surface area contributed by atoms with E-state index in [0.717, 1.165) is 19.5 Å². The lowest BCUT2D eigenvalue weighted by Gasteiger charge is -2.21. The summed E-state index contributed by atoms with van der Waals surface area (Å²) < 4.78 is 1.23. The normalized spacial score (nSPS) is 22.5. The molecule has 1 aromatic rings. The number of aliphatic hydroxyl groups is 1. The minimum absolute atomic E-state index is 0.297. The highest BCUT2D eigenvalue weighted by Crippen LogP contribution is 2.30. The van der Waals surface area contributed by atoms with Crippen molar-refractivity contribution >= 4 is 27.3 Å². The van der Waals surface area contributed by atoms with Crippen LogP contribution >= 0.6 is 27.3 Å². The molecule has 1 saturated heterocycles. The predicted molar refractivity (Wildman–Crippen MR) is 67.3 cm³/mol. The number of aliphatic hydroxyl groups excluding tert-OH is 1. The van der Waals surface area contributed by atoms with Crippen LogP contribution in [0.25, 0.3) is 0 Å². The summed E-state index contributed by atoms with van der Waals surface area (Å²) in [5.74, 6) is 0. The summed E-state index contributed by atoms with van der Waals surface area (Å²) in [7, 11) is 0. The number of likely N-dealkylation sites (tertiary alicyclic amines) is 1. The number of aryl methyl sites for hydroxylation is 1. The zero-order valence-electron chi connectivity index (χ0n) is 8.87. The Morgan fingerprint density at radius 2 is 2.47 bits per heavy atom. The van der Waals surface area contributed by atoms with E-state index >= 15 is 0 Å². The SMILES string of the molecule is Cc1cc(CN2CCCC2CO)sc1Br. The van der Waals surface area contributed by atoms with Crippen molar-refractivity contribution in [2.75, 3.05) is 13.2 Å². The van der Waals surface area contributed by atoms with Crippen LogP contribution in [0.1, 0.15) is 23.3 Å². The Morgan fingerprint density at radius 1 is 1.67 bits per heavy atom. The maximum absolute atomic E-state index is 9.23. The lowest BCUT2D eigenvalue weighted by atomic mass is 10.2. The molecule has 84 valence electrons. The second-order valence-corrected chi connectivity index (χ2v) is 6.57. The second-order valence-electron chi connectivity index (χ2n) is 4.12. The van der Waals surface area contributed by atoms with Crippen molar-refractivity contribution in [3.63, 3.8) is 0 Å². The first-order valence-electron chi connectivity index (χ1n) is 5.30. The number of rotatable bonds is 3. The molecular weight excluding hydrogens is 274 g/mol. The van der Waals surface area contributed by atoms with Gasteiger partial charge in [0.15, 0.2) is 0 Å². The third-order valence-electron chi connectivity index (χ3n) is 2.98. The topological polar surface area (TPSA) is 23.5 Å². The van der Waals surface area contributed by atoms with Crippen molar-refractivity contribution in [2.45, 2.75) is 32.4 Å². The fraction of sp³-hybridized carbons (Fsp3) is 0.636. The Balaban J connectivity index is 2.02. The van der Waals surface area contributed by atoms with Crippen molar-refractivity contribution in [1.82, 2.24) is 4.90 Å². The number of hydrogen-bond donors (Lipinski definition) is 1. The van der Waals surface area contributed by atoms with E-state index in [1.54, 1.807) is 0 Å². The maximum Gasteiger partial charge on any atom is 0.0730 e. The molecule has 0 aliphatic carbocycles. The third kappa shape index (κ3) is 2.61. The van der Waals surface area contributed by atoms with Gasteiger partial charge >= 0.3 is 0 Å². The van der Waals surface area contributed by atoms with Crippen LogP contribution in [0.5, 0.6) is 0 Å². The van der Waals surface area contributed by atoms with Gasteiger partial charge in [-0.05, 0) is 53.9 Å². The Hall–Kier alpha value is 0.100. The van der Waals surface area contributed by atoms with E-state index in [2.05, 4.69) is 33.8 Å². The molecule has 0 amide bonds. The van der Waals surface area contributed by atoms with Gasteiger partial charge in [0.25, 0.3) is 0 Å². The predicted octanol–water partition coefficient (Wildman–Crippen LogP) is 2.78. The number of nitrogens with zero attached hydrogens (tertiary/aromatic N) is 1. The van der Waals surface area contributed by atoms with E-state index < -0.39 is 0 Å². The molecule has 0 spiro atoms. The molecular formula is C11H16BrNOS. The minimum atomic E-state index is 0.297. The molecule has 1 atom stereocenters. The molecule has 1 aliphatic rings. The summed E-state index contributed by atoms with van der Waals surface area (Å²) in [5.41, 5.74) is 1.31. The van der Waals surface area contributed by atoms with E-state index in [0.29, 0.717) is 12.6 Å². The lowest BCUT2D eigenvalue weighted by Crippen LogP contribution is -2.31. The highest BCUT2D eigenvalue weighted by atomic mass is 79.9. The summed E-state index contributed by atoms with van der Waals surface area (Å²) in [5, 5.41) is 9.23. The molecule has 2 heterocycles. The monoisotopic (exact) mass is 289 g/mol. The zero-order chi connectivity index (χ0) is 10.8. The molecule has 0 radical (unpaired) electrons.